The average molecular weight is 491 g/mol. The second-order valence-corrected chi connectivity index (χ2v) is 8.50. The summed E-state index contributed by atoms with van der Waals surface area (Å²) in [4.78, 5) is 25.3. The number of nitrogens with one attached hydrogen (secondary N) is 1. The summed E-state index contributed by atoms with van der Waals surface area (Å²) in [6, 6.07) is 12.1. The molecule has 0 saturated heterocycles. The van der Waals surface area contributed by atoms with Crippen LogP contribution in [0.15, 0.2) is 53.8 Å². The van der Waals surface area contributed by atoms with Gasteiger partial charge in [-0.05, 0) is 42.3 Å². The quantitative estimate of drug-likeness (QED) is 0.525. The van der Waals surface area contributed by atoms with Crippen molar-refractivity contribution in [2.24, 2.45) is 5.10 Å². The first-order valence-corrected chi connectivity index (χ1v) is 10.9. The summed E-state index contributed by atoms with van der Waals surface area (Å²) in [5, 5.41) is 14.1. The molecule has 1 aromatic heterocycles. The van der Waals surface area contributed by atoms with Crippen LogP contribution in [0.25, 0.3) is 0 Å². The Hall–Kier alpha value is -2.87. The Kier molecular flexibility index (Phi) is 6.50. The van der Waals surface area contributed by atoms with Crippen molar-refractivity contribution in [3.05, 3.63) is 74.9 Å². The third kappa shape index (κ3) is 4.80. The second-order valence-electron chi connectivity index (χ2n) is 7.25. The predicted octanol–water partition coefficient (Wildman–Crippen LogP) is 5.32. The maximum absolute atomic E-state index is 12.9. The molecule has 2 heterocycles. The fourth-order valence-electron chi connectivity index (χ4n) is 3.20. The van der Waals surface area contributed by atoms with Crippen LogP contribution in [0.3, 0.4) is 0 Å². The first-order chi connectivity index (χ1) is 15.3. The minimum Gasteiger partial charge on any atom is -0.306 e. The van der Waals surface area contributed by atoms with Crippen molar-refractivity contribution in [2.45, 2.75) is 26.3 Å². The number of halogens is 3. The van der Waals surface area contributed by atoms with Crippen LogP contribution in [0.2, 0.25) is 15.1 Å². The molecule has 0 spiro atoms. The number of carbonyl (C=O) groups excluding carboxylic acids is 2. The molecule has 164 valence electrons. The Morgan fingerprint density at radius 2 is 1.88 bits per heavy atom. The lowest BCUT2D eigenvalue weighted by molar-refractivity contribution is -0.118. The summed E-state index contributed by atoms with van der Waals surface area (Å²) in [5.41, 5.74) is 2.44. The first-order valence-electron chi connectivity index (χ1n) is 9.75. The van der Waals surface area contributed by atoms with Gasteiger partial charge in [0.1, 0.15) is 11.5 Å². The lowest BCUT2D eigenvalue weighted by Crippen LogP contribution is -2.36. The molecule has 1 aliphatic heterocycles. The van der Waals surface area contributed by atoms with Gasteiger partial charge in [0, 0.05) is 34.0 Å². The Balaban J connectivity index is 1.53. The number of hydrazone groups is 1. The van der Waals surface area contributed by atoms with E-state index in [4.69, 9.17) is 34.8 Å². The van der Waals surface area contributed by atoms with Crippen LogP contribution < -0.4 is 10.3 Å². The van der Waals surface area contributed by atoms with Crippen LogP contribution in [-0.4, -0.2) is 27.3 Å². The molecule has 32 heavy (non-hydrogen) atoms. The van der Waals surface area contributed by atoms with Gasteiger partial charge in [-0.2, -0.15) is 10.2 Å². The first kappa shape index (κ1) is 22.3. The van der Waals surface area contributed by atoms with E-state index in [2.05, 4.69) is 15.5 Å². The van der Waals surface area contributed by atoms with Crippen LogP contribution in [0.5, 0.6) is 0 Å². The van der Waals surface area contributed by atoms with Crippen LogP contribution in [0.1, 0.15) is 24.0 Å². The van der Waals surface area contributed by atoms with E-state index in [0.717, 1.165) is 11.1 Å². The van der Waals surface area contributed by atoms with Gasteiger partial charge in [-0.15, -0.1) is 0 Å². The summed E-state index contributed by atoms with van der Waals surface area (Å²) >= 11 is 18.4. The highest BCUT2D eigenvalue weighted by Gasteiger charge is 2.26. The fraction of sp³-hybridized carbons (Fsp3) is 0.182. The van der Waals surface area contributed by atoms with E-state index in [1.54, 1.807) is 53.3 Å². The lowest BCUT2D eigenvalue weighted by atomic mass is 10.1. The molecule has 0 unspecified atom stereocenters. The molecule has 3 aromatic rings. The van der Waals surface area contributed by atoms with Gasteiger partial charge in [0.15, 0.2) is 0 Å². The molecule has 7 nitrogen and oxygen atoms in total. The van der Waals surface area contributed by atoms with Crippen LogP contribution >= 0.6 is 34.8 Å². The van der Waals surface area contributed by atoms with E-state index >= 15 is 0 Å². The van der Waals surface area contributed by atoms with Gasteiger partial charge in [0.05, 0.1) is 18.4 Å². The maximum atomic E-state index is 12.9. The Morgan fingerprint density at radius 3 is 2.62 bits per heavy atom. The van der Waals surface area contributed by atoms with Gasteiger partial charge in [-0.3, -0.25) is 9.59 Å². The van der Waals surface area contributed by atoms with Crippen LogP contribution in [0.4, 0.5) is 11.5 Å². The standard InChI is InChI=1S/C22H18Cl3N5O2/c1-13-2-5-16(11-17(13)24)30-21(31)7-6-19(28-30)22(32)27-20-8-9-26-29(20)12-14-3-4-15(23)10-18(14)25/h2-5,8-11H,6-7,12H2,1H3,(H,27,32). The molecular formula is C22H18Cl3N5O2. The second kappa shape index (κ2) is 9.32. The zero-order chi connectivity index (χ0) is 22.8. The van der Waals surface area contributed by atoms with E-state index in [1.165, 1.54) is 5.01 Å². The molecule has 0 fully saturated rings. The average Bonchev–Trinajstić information content (AvgIpc) is 3.19. The van der Waals surface area contributed by atoms with Crippen molar-refractivity contribution in [3.63, 3.8) is 0 Å². The van der Waals surface area contributed by atoms with Crippen LogP contribution in [-0.2, 0) is 16.1 Å². The van der Waals surface area contributed by atoms with Crippen molar-refractivity contribution >= 4 is 63.8 Å². The summed E-state index contributed by atoms with van der Waals surface area (Å²) in [6.45, 7) is 2.21. The molecule has 4 rings (SSSR count). The van der Waals surface area contributed by atoms with Crippen molar-refractivity contribution in [3.8, 4) is 0 Å². The largest absolute Gasteiger partial charge is 0.306 e. The van der Waals surface area contributed by atoms with E-state index in [1.807, 2.05) is 6.92 Å². The van der Waals surface area contributed by atoms with Crippen molar-refractivity contribution in [1.82, 2.24) is 9.78 Å². The molecule has 2 aromatic carbocycles. The number of rotatable bonds is 5. The number of anilines is 2. The highest BCUT2D eigenvalue weighted by molar-refractivity contribution is 6.44. The molecule has 1 N–H and O–H groups in total. The minimum atomic E-state index is -0.412. The highest BCUT2D eigenvalue weighted by Crippen LogP contribution is 2.26. The summed E-state index contributed by atoms with van der Waals surface area (Å²) in [6.07, 6.45) is 1.97. The Morgan fingerprint density at radius 1 is 1.06 bits per heavy atom. The molecule has 0 atom stereocenters. The number of hydrogen-bond acceptors (Lipinski definition) is 4. The third-order valence-electron chi connectivity index (χ3n) is 4.99. The fourth-order valence-corrected chi connectivity index (χ4v) is 3.84. The van der Waals surface area contributed by atoms with Gasteiger partial charge < -0.3 is 5.32 Å². The maximum Gasteiger partial charge on any atom is 0.273 e. The summed E-state index contributed by atoms with van der Waals surface area (Å²) < 4.78 is 1.61. The third-order valence-corrected chi connectivity index (χ3v) is 5.98. The number of benzene rings is 2. The molecule has 10 heteroatoms. The zero-order valence-corrected chi connectivity index (χ0v) is 19.2. The van der Waals surface area contributed by atoms with Gasteiger partial charge in [0.2, 0.25) is 5.91 Å². The number of aromatic nitrogens is 2. The van der Waals surface area contributed by atoms with Gasteiger partial charge >= 0.3 is 0 Å². The smallest absolute Gasteiger partial charge is 0.273 e. The highest BCUT2D eigenvalue weighted by atomic mass is 35.5. The number of amides is 2. The molecule has 0 saturated carbocycles. The van der Waals surface area contributed by atoms with E-state index in [-0.39, 0.29) is 24.5 Å². The zero-order valence-electron chi connectivity index (χ0n) is 17.0. The van der Waals surface area contributed by atoms with Gasteiger partial charge in [-0.25, -0.2) is 9.69 Å². The van der Waals surface area contributed by atoms with E-state index in [0.29, 0.717) is 33.1 Å². The molecule has 0 radical (unpaired) electrons. The van der Waals surface area contributed by atoms with E-state index in [9.17, 15) is 9.59 Å². The molecule has 1 aliphatic rings. The molecule has 0 bridgehead atoms. The van der Waals surface area contributed by atoms with E-state index < -0.39 is 5.91 Å². The number of nitrogens with zero attached hydrogens (tertiary/aromatic N) is 4. The van der Waals surface area contributed by atoms with Crippen molar-refractivity contribution in [2.75, 3.05) is 10.3 Å². The lowest BCUT2D eigenvalue weighted by Gasteiger charge is -2.23. The SMILES string of the molecule is Cc1ccc(N2N=C(C(=O)Nc3ccnn3Cc3ccc(Cl)cc3Cl)CCC2=O)cc1Cl. The number of carbonyl (C=O) groups is 2. The topological polar surface area (TPSA) is 79.6 Å². The molecule has 0 aliphatic carbocycles. The normalized spacial score (nSPS) is 13.8. The summed E-state index contributed by atoms with van der Waals surface area (Å²) in [5.74, 6) is -0.140. The van der Waals surface area contributed by atoms with Crippen LogP contribution in [0, 0.1) is 6.92 Å². The molecule has 2 amide bonds. The minimum absolute atomic E-state index is 0.164. The summed E-state index contributed by atoms with van der Waals surface area (Å²) in [7, 11) is 0. The van der Waals surface area contributed by atoms with Gasteiger partial charge in [0.25, 0.3) is 5.91 Å². The molecular weight excluding hydrogens is 473 g/mol. The van der Waals surface area contributed by atoms with Crippen molar-refractivity contribution < 1.29 is 9.59 Å². The number of aryl methyl sites for hydroxylation is 1. The Bertz CT molecular complexity index is 1240. The predicted molar refractivity (Wildman–Crippen MR) is 127 cm³/mol. The van der Waals surface area contributed by atoms with Crippen molar-refractivity contribution in [1.29, 1.82) is 0 Å². The number of hydrogen-bond donors (Lipinski definition) is 1. The Labute approximate surface area is 199 Å². The monoisotopic (exact) mass is 489 g/mol. The van der Waals surface area contributed by atoms with Gasteiger partial charge in [-0.1, -0.05) is 46.9 Å².